The van der Waals surface area contributed by atoms with E-state index in [4.69, 9.17) is 9.47 Å². The van der Waals surface area contributed by atoms with Gasteiger partial charge in [0.2, 0.25) is 0 Å². The molecule has 4 rings (SSSR count). The molecule has 0 aliphatic heterocycles. The van der Waals surface area contributed by atoms with Gasteiger partial charge in [0.05, 0.1) is 26.1 Å². The van der Waals surface area contributed by atoms with Crippen LogP contribution in [0.1, 0.15) is 52.1 Å². The predicted octanol–water partition coefficient (Wildman–Crippen LogP) is 6.98. The maximum Gasteiger partial charge on any atom is 0.306 e. The SMILES string of the molecule is Cn1c(CCCCCC(=O)OC(C)(C)C)cnc1-c1cc2nccc(Oc3ccc([N+](=O)[O-])cc3F)c2s1. The molecular weight excluding hydrogens is 511 g/mol. The number of nitro groups is 1. The Morgan fingerprint density at radius 2 is 1.92 bits per heavy atom. The number of aryl methyl sites for hydroxylation is 1. The lowest BCUT2D eigenvalue weighted by Crippen LogP contribution is -2.23. The van der Waals surface area contributed by atoms with Gasteiger partial charge in [-0.15, -0.1) is 11.3 Å². The van der Waals surface area contributed by atoms with E-state index >= 15 is 0 Å². The fourth-order valence-electron chi connectivity index (χ4n) is 3.96. The summed E-state index contributed by atoms with van der Waals surface area (Å²) in [4.78, 5) is 32.0. The molecule has 0 aliphatic rings. The number of pyridine rings is 1. The summed E-state index contributed by atoms with van der Waals surface area (Å²) in [5.74, 6) is 0.0887. The molecule has 0 unspecified atom stereocenters. The van der Waals surface area contributed by atoms with Crippen molar-refractivity contribution in [1.29, 1.82) is 0 Å². The summed E-state index contributed by atoms with van der Waals surface area (Å²) < 4.78 is 28.3. The molecule has 0 spiro atoms. The number of rotatable bonds is 10. The van der Waals surface area contributed by atoms with Crippen molar-refractivity contribution in [3.05, 3.63) is 64.4 Å². The van der Waals surface area contributed by atoms with Crippen molar-refractivity contribution < 1.29 is 23.6 Å². The molecule has 0 fully saturated rings. The molecule has 0 radical (unpaired) electrons. The number of non-ortho nitro benzene ring substituents is 1. The molecular formula is C27H29FN4O5S. The van der Waals surface area contributed by atoms with Crippen LogP contribution in [0.4, 0.5) is 10.1 Å². The highest BCUT2D eigenvalue weighted by Crippen LogP contribution is 2.39. The second-order valence-corrected chi connectivity index (χ2v) is 10.9. The number of carbonyl (C=O) groups is 1. The highest BCUT2D eigenvalue weighted by atomic mass is 32.1. The van der Waals surface area contributed by atoms with E-state index < -0.39 is 16.3 Å². The number of nitro benzene ring substituents is 1. The summed E-state index contributed by atoms with van der Waals surface area (Å²) in [6.45, 7) is 5.60. The zero-order valence-corrected chi connectivity index (χ0v) is 22.5. The minimum absolute atomic E-state index is 0.107. The van der Waals surface area contributed by atoms with Crippen molar-refractivity contribution in [1.82, 2.24) is 14.5 Å². The first-order valence-corrected chi connectivity index (χ1v) is 13.1. The number of benzene rings is 1. The van der Waals surface area contributed by atoms with E-state index in [1.165, 1.54) is 23.5 Å². The number of halogens is 1. The van der Waals surface area contributed by atoms with Gasteiger partial charge in [0.25, 0.3) is 5.69 Å². The maximum atomic E-state index is 14.4. The molecule has 3 heterocycles. The first-order valence-electron chi connectivity index (χ1n) is 12.2. The summed E-state index contributed by atoms with van der Waals surface area (Å²) in [6.07, 6.45) is 7.27. The average molecular weight is 541 g/mol. The van der Waals surface area contributed by atoms with Gasteiger partial charge in [-0.3, -0.25) is 19.9 Å². The average Bonchev–Trinajstić information content (AvgIpc) is 3.42. The molecule has 1 aromatic carbocycles. The summed E-state index contributed by atoms with van der Waals surface area (Å²) in [7, 11) is 1.96. The van der Waals surface area contributed by atoms with Crippen LogP contribution >= 0.6 is 11.3 Å². The van der Waals surface area contributed by atoms with Crippen LogP contribution in [0.2, 0.25) is 0 Å². The lowest BCUT2D eigenvalue weighted by molar-refractivity contribution is -0.385. The smallest absolute Gasteiger partial charge is 0.306 e. The van der Waals surface area contributed by atoms with Crippen LogP contribution in [0.15, 0.2) is 42.7 Å². The Balaban J connectivity index is 1.43. The number of imidazole rings is 1. The number of unbranched alkanes of at least 4 members (excludes halogenated alkanes) is 2. The number of ether oxygens (including phenoxy) is 2. The molecule has 0 saturated carbocycles. The van der Waals surface area contributed by atoms with Crippen molar-refractivity contribution in [2.24, 2.45) is 7.05 Å². The second-order valence-electron chi connectivity index (χ2n) is 9.89. The maximum absolute atomic E-state index is 14.4. The molecule has 200 valence electrons. The van der Waals surface area contributed by atoms with E-state index in [0.29, 0.717) is 22.4 Å². The van der Waals surface area contributed by atoms with Gasteiger partial charge in [-0.05, 0) is 52.2 Å². The van der Waals surface area contributed by atoms with E-state index in [0.717, 1.165) is 48.1 Å². The number of hydrogen-bond donors (Lipinski definition) is 0. The Morgan fingerprint density at radius 1 is 1.13 bits per heavy atom. The molecule has 0 amide bonds. The number of esters is 1. The number of fused-ring (bicyclic) bond motifs is 1. The van der Waals surface area contributed by atoms with Crippen molar-refractivity contribution in [3.63, 3.8) is 0 Å². The van der Waals surface area contributed by atoms with Gasteiger partial charge in [0, 0.05) is 43.7 Å². The van der Waals surface area contributed by atoms with Gasteiger partial charge in [-0.25, -0.2) is 9.37 Å². The first-order chi connectivity index (χ1) is 18.0. The van der Waals surface area contributed by atoms with Crippen LogP contribution < -0.4 is 4.74 Å². The number of carbonyl (C=O) groups excluding carboxylic acids is 1. The quantitative estimate of drug-likeness (QED) is 0.0923. The van der Waals surface area contributed by atoms with Gasteiger partial charge in [0.15, 0.2) is 11.6 Å². The first kappa shape index (κ1) is 27.2. The summed E-state index contributed by atoms with van der Waals surface area (Å²) in [6, 6.07) is 6.81. The molecule has 0 bridgehead atoms. The minimum atomic E-state index is -0.819. The van der Waals surface area contributed by atoms with Crippen LogP contribution in [0.5, 0.6) is 11.5 Å². The van der Waals surface area contributed by atoms with Crippen molar-refractivity contribution in [3.8, 4) is 22.2 Å². The van der Waals surface area contributed by atoms with E-state index in [9.17, 15) is 19.3 Å². The summed E-state index contributed by atoms with van der Waals surface area (Å²) in [5.41, 5.74) is 0.948. The third kappa shape index (κ3) is 6.52. The van der Waals surface area contributed by atoms with Gasteiger partial charge in [-0.1, -0.05) is 6.42 Å². The molecule has 38 heavy (non-hydrogen) atoms. The van der Waals surface area contributed by atoms with Crippen LogP contribution in [-0.2, 0) is 23.0 Å². The Hall–Kier alpha value is -3.86. The molecule has 4 aromatic rings. The number of nitrogens with zero attached hydrogens (tertiary/aromatic N) is 4. The molecule has 0 atom stereocenters. The van der Waals surface area contributed by atoms with Crippen LogP contribution in [0.25, 0.3) is 20.9 Å². The zero-order chi connectivity index (χ0) is 27.4. The number of thiophene rings is 1. The fraction of sp³-hybridized carbons (Fsp3) is 0.370. The lowest BCUT2D eigenvalue weighted by Gasteiger charge is -2.19. The monoisotopic (exact) mass is 540 g/mol. The largest absolute Gasteiger partial charge is 0.460 e. The van der Waals surface area contributed by atoms with Crippen molar-refractivity contribution >= 4 is 33.2 Å². The molecule has 3 aromatic heterocycles. The third-order valence-corrected chi connectivity index (χ3v) is 6.90. The van der Waals surface area contributed by atoms with E-state index in [1.54, 1.807) is 12.3 Å². The zero-order valence-electron chi connectivity index (χ0n) is 21.7. The standard InChI is InChI=1S/C27H29FN4O5S/c1-27(2,3)37-24(33)9-7-5-6-8-18-16-30-26(31(18)4)23-15-20-25(38-23)22(12-13-29-20)36-21-11-10-17(32(34)35)14-19(21)28/h10-16H,5-9H2,1-4H3. The topological polar surface area (TPSA) is 109 Å². The Kier molecular flexibility index (Phi) is 8.05. The molecule has 0 aliphatic carbocycles. The van der Waals surface area contributed by atoms with Crippen molar-refractivity contribution in [2.75, 3.05) is 0 Å². The Morgan fingerprint density at radius 3 is 2.63 bits per heavy atom. The minimum Gasteiger partial charge on any atom is -0.460 e. The molecule has 0 N–H and O–H groups in total. The number of hydrogen-bond acceptors (Lipinski definition) is 8. The highest BCUT2D eigenvalue weighted by molar-refractivity contribution is 7.22. The summed E-state index contributed by atoms with van der Waals surface area (Å²) in [5, 5.41) is 10.9. The van der Waals surface area contributed by atoms with Gasteiger partial charge in [0.1, 0.15) is 17.2 Å². The lowest BCUT2D eigenvalue weighted by atomic mass is 10.1. The van der Waals surface area contributed by atoms with Crippen LogP contribution in [0, 0.1) is 15.9 Å². The third-order valence-electron chi connectivity index (χ3n) is 5.76. The van der Waals surface area contributed by atoms with Gasteiger partial charge >= 0.3 is 5.97 Å². The Bertz CT molecular complexity index is 1470. The van der Waals surface area contributed by atoms with Gasteiger partial charge in [-0.2, -0.15) is 0 Å². The molecule has 11 heteroatoms. The second kappa shape index (κ2) is 11.3. The van der Waals surface area contributed by atoms with E-state index in [1.807, 2.05) is 44.6 Å². The Labute approximate surface area is 223 Å². The normalized spacial score (nSPS) is 11.6. The van der Waals surface area contributed by atoms with Crippen LogP contribution in [-0.4, -0.2) is 31.0 Å². The number of aromatic nitrogens is 3. The van der Waals surface area contributed by atoms with E-state index in [2.05, 4.69) is 9.97 Å². The predicted molar refractivity (Wildman–Crippen MR) is 143 cm³/mol. The molecule has 9 nitrogen and oxygen atoms in total. The fourth-order valence-corrected chi connectivity index (χ4v) is 5.06. The van der Waals surface area contributed by atoms with Crippen LogP contribution in [0.3, 0.4) is 0 Å². The van der Waals surface area contributed by atoms with Gasteiger partial charge < -0.3 is 14.0 Å². The highest BCUT2D eigenvalue weighted by Gasteiger charge is 2.18. The van der Waals surface area contributed by atoms with E-state index in [-0.39, 0.29) is 17.4 Å². The summed E-state index contributed by atoms with van der Waals surface area (Å²) >= 11 is 1.42. The molecule has 0 saturated heterocycles. The van der Waals surface area contributed by atoms with Crippen molar-refractivity contribution in [2.45, 2.75) is 58.5 Å².